The molecule has 0 saturated heterocycles. The summed E-state index contributed by atoms with van der Waals surface area (Å²) in [5.74, 6) is -0.213. The molecule has 0 aliphatic heterocycles. The molecule has 8 heteroatoms. The summed E-state index contributed by atoms with van der Waals surface area (Å²) in [7, 11) is 1.40. The fraction of sp³-hybridized carbons (Fsp3) is 0.0714. The van der Waals surface area contributed by atoms with Gasteiger partial charge in [0, 0.05) is 27.7 Å². The van der Waals surface area contributed by atoms with Gasteiger partial charge in [0.25, 0.3) is 11.6 Å². The lowest BCUT2D eigenvalue weighted by Crippen LogP contribution is -2.13. The number of ether oxygens (including phenoxy) is 1. The van der Waals surface area contributed by atoms with Crippen LogP contribution in [0.1, 0.15) is 10.4 Å². The largest absolute Gasteiger partial charge is 0.495 e. The molecule has 0 spiro atoms. The van der Waals surface area contributed by atoms with Crippen molar-refractivity contribution in [3.63, 3.8) is 0 Å². The van der Waals surface area contributed by atoms with Gasteiger partial charge >= 0.3 is 0 Å². The molecular formula is C14H10Cl2N2O4. The van der Waals surface area contributed by atoms with E-state index in [-0.39, 0.29) is 16.9 Å². The van der Waals surface area contributed by atoms with Crippen LogP contribution in [0.25, 0.3) is 0 Å². The first-order chi connectivity index (χ1) is 10.4. The van der Waals surface area contributed by atoms with E-state index in [1.54, 1.807) is 0 Å². The van der Waals surface area contributed by atoms with E-state index < -0.39 is 10.8 Å². The Kier molecular flexibility index (Phi) is 4.85. The van der Waals surface area contributed by atoms with Crippen molar-refractivity contribution in [3.8, 4) is 5.75 Å². The van der Waals surface area contributed by atoms with Gasteiger partial charge in [-0.1, -0.05) is 23.2 Å². The zero-order valence-corrected chi connectivity index (χ0v) is 12.8. The average molecular weight is 341 g/mol. The standard InChI is InChI=1S/C14H10Cl2N2O4/c1-22-13-3-2-11(18(20)21)7-12(13)17-14(19)8-4-9(15)6-10(16)5-8/h2-7H,1H3,(H,17,19). The van der Waals surface area contributed by atoms with Gasteiger partial charge < -0.3 is 10.1 Å². The number of carbonyl (C=O) groups excluding carboxylic acids is 1. The predicted octanol–water partition coefficient (Wildman–Crippen LogP) is 4.16. The number of methoxy groups -OCH3 is 1. The molecule has 6 nitrogen and oxygen atoms in total. The Morgan fingerprint density at radius 1 is 1.18 bits per heavy atom. The molecule has 2 aromatic carbocycles. The summed E-state index contributed by atoms with van der Waals surface area (Å²) in [5, 5.41) is 14.0. The maximum absolute atomic E-state index is 12.2. The maximum atomic E-state index is 12.2. The van der Waals surface area contributed by atoms with Crippen LogP contribution in [0.3, 0.4) is 0 Å². The van der Waals surface area contributed by atoms with Gasteiger partial charge in [-0.25, -0.2) is 0 Å². The van der Waals surface area contributed by atoms with Crippen molar-refractivity contribution in [2.75, 3.05) is 12.4 Å². The minimum absolute atomic E-state index is 0.166. The number of hydrogen-bond donors (Lipinski definition) is 1. The zero-order valence-electron chi connectivity index (χ0n) is 11.3. The third kappa shape index (κ3) is 3.66. The third-order valence-corrected chi connectivity index (χ3v) is 3.20. The Bertz CT molecular complexity index is 729. The lowest BCUT2D eigenvalue weighted by molar-refractivity contribution is -0.384. The van der Waals surface area contributed by atoms with E-state index in [1.807, 2.05) is 0 Å². The number of benzene rings is 2. The van der Waals surface area contributed by atoms with Gasteiger partial charge in [-0.2, -0.15) is 0 Å². The van der Waals surface area contributed by atoms with Gasteiger partial charge in [-0.3, -0.25) is 14.9 Å². The van der Waals surface area contributed by atoms with Crippen molar-refractivity contribution in [2.24, 2.45) is 0 Å². The van der Waals surface area contributed by atoms with E-state index in [1.165, 1.54) is 43.5 Å². The van der Waals surface area contributed by atoms with Crippen molar-refractivity contribution in [1.82, 2.24) is 0 Å². The Labute approximate surface area is 135 Å². The van der Waals surface area contributed by atoms with Crippen LogP contribution in [0, 0.1) is 10.1 Å². The molecule has 114 valence electrons. The Hall–Kier alpha value is -2.31. The average Bonchev–Trinajstić information content (AvgIpc) is 2.46. The molecule has 0 aliphatic carbocycles. The number of nitro benzene ring substituents is 1. The highest BCUT2D eigenvalue weighted by Gasteiger charge is 2.15. The monoisotopic (exact) mass is 340 g/mol. The Morgan fingerprint density at radius 2 is 1.82 bits per heavy atom. The first-order valence-electron chi connectivity index (χ1n) is 6.00. The van der Waals surface area contributed by atoms with Gasteiger partial charge in [-0.05, 0) is 24.3 Å². The van der Waals surface area contributed by atoms with Gasteiger partial charge in [0.05, 0.1) is 17.7 Å². The topological polar surface area (TPSA) is 81.5 Å². The zero-order chi connectivity index (χ0) is 16.3. The number of non-ortho nitro benzene ring substituents is 1. The molecule has 0 radical (unpaired) electrons. The van der Waals surface area contributed by atoms with E-state index in [9.17, 15) is 14.9 Å². The Balaban J connectivity index is 2.34. The van der Waals surface area contributed by atoms with Crippen molar-refractivity contribution >= 4 is 40.5 Å². The molecule has 1 amide bonds. The van der Waals surface area contributed by atoms with Crippen LogP contribution in [-0.2, 0) is 0 Å². The summed E-state index contributed by atoms with van der Waals surface area (Å²) >= 11 is 11.7. The van der Waals surface area contributed by atoms with Crippen LogP contribution in [-0.4, -0.2) is 17.9 Å². The highest BCUT2D eigenvalue weighted by molar-refractivity contribution is 6.35. The molecule has 2 aromatic rings. The van der Waals surface area contributed by atoms with E-state index >= 15 is 0 Å². The molecule has 0 bridgehead atoms. The van der Waals surface area contributed by atoms with E-state index in [0.717, 1.165) is 0 Å². The summed E-state index contributed by atoms with van der Waals surface area (Å²) in [6.07, 6.45) is 0. The third-order valence-electron chi connectivity index (χ3n) is 2.77. The van der Waals surface area contributed by atoms with Crippen LogP contribution in [0.5, 0.6) is 5.75 Å². The van der Waals surface area contributed by atoms with E-state index in [4.69, 9.17) is 27.9 Å². The fourth-order valence-electron chi connectivity index (χ4n) is 1.79. The summed E-state index contributed by atoms with van der Waals surface area (Å²) in [6.45, 7) is 0. The minimum Gasteiger partial charge on any atom is -0.495 e. The van der Waals surface area contributed by atoms with Gasteiger partial charge in [-0.15, -0.1) is 0 Å². The molecule has 0 aliphatic rings. The maximum Gasteiger partial charge on any atom is 0.271 e. The fourth-order valence-corrected chi connectivity index (χ4v) is 2.31. The minimum atomic E-state index is -0.564. The summed E-state index contributed by atoms with van der Waals surface area (Å²) in [6, 6.07) is 8.26. The second kappa shape index (κ2) is 6.64. The first kappa shape index (κ1) is 16.1. The molecular weight excluding hydrogens is 331 g/mol. The van der Waals surface area contributed by atoms with Crippen molar-refractivity contribution in [3.05, 3.63) is 62.1 Å². The normalized spacial score (nSPS) is 10.1. The summed E-state index contributed by atoms with van der Waals surface area (Å²) in [5.41, 5.74) is 0.240. The van der Waals surface area contributed by atoms with Crippen molar-refractivity contribution < 1.29 is 14.5 Å². The Morgan fingerprint density at radius 3 is 2.36 bits per heavy atom. The highest BCUT2D eigenvalue weighted by Crippen LogP contribution is 2.29. The SMILES string of the molecule is COc1ccc([N+](=O)[O-])cc1NC(=O)c1cc(Cl)cc(Cl)c1. The molecule has 1 N–H and O–H groups in total. The first-order valence-corrected chi connectivity index (χ1v) is 6.76. The molecule has 22 heavy (non-hydrogen) atoms. The van der Waals surface area contributed by atoms with E-state index in [0.29, 0.717) is 15.8 Å². The number of nitro groups is 1. The number of hydrogen-bond acceptors (Lipinski definition) is 4. The van der Waals surface area contributed by atoms with Crippen molar-refractivity contribution in [1.29, 1.82) is 0 Å². The molecule has 0 fully saturated rings. The number of nitrogens with one attached hydrogen (secondary N) is 1. The van der Waals surface area contributed by atoms with Crippen molar-refractivity contribution in [2.45, 2.75) is 0 Å². The van der Waals surface area contributed by atoms with Gasteiger partial charge in [0.2, 0.25) is 0 Å². The lowest BCUT2D eigenvalue weighted by atomic mass is 10.2. The molecule has 2 rings (SSSR count). The second-order valence-electron chi connectivity index (χ2n) is 4.25. The summed E-state index contributed by atoms with van der Waals surface area (Å²) < 4.78 is 5.07. The summed E-state index contributed by atoms with van der Waals surface area (Å²) in [4.78, 5) is 22.5. The molecule has 0 heterocycles. The number of rotatable bonds is 4. The quantitative estimate of drug-likeness (QED) is 0.669. The molecule has 0 aromatic heterocycles. The van der Waals surface area contributed by atoms with Crippen LogP contribution >= 0.6 is 23.2 Å². The lowest BCUT2D eigenvalue weighted by Gasteiger charge is -2.10. The van der Waals surface area contributed by atoms with Gasteiger partial charge in [0.1, 0.15) is 5.75 Å². The van der Waals surface area contributed by atoms with Gasteiger partial charge in [0.15, 0.2) is 0 Å². The number of carbonyl (C=O) groups is 1. The highest BCUT2D eigenvalue weighted by atomic mass is 35.5. The number of nitrogens with zero attached hydrogens (tertiary/aromatic N) is 1. The van der Waals surface area contributed by atoms with Crippen LogP contribution < -0.4 is 10.1 Å². The smallest absolute Gasteiger partial charge is 0.271 e. The van der Waals surface area contributed by atoms with Crippen LogP contribution in [0.4, 0.5) is 11.4 Å². The number of halogens is 2. The van der Waals surface area contributed by atoms with E-state index in [2.05, 4.69) is 5.32 Å². The van der Waals surface area contributed by atoms with Crippen LogP contribution in [0.2, 0.25) is 10.0 Å². The second-order valence-corrected chi connectivity index (χ2v) is 5.13. The molecule has 0 atom stereocenters. The predicted molar refractivity (Wildman–Crippen MR) is 84.1 cm³/mol. The van der Waals surface area contributed by atoms with Crippen LogP contribution in [0.15, 0.2) is 36.4 Å². The number of amides is 1. The molecule has 0 unspecified atom stereocenters. The molecule has 0 saturated carbocycles. The number of anilines is 1.